The number of nitrogens with zero attached hydrogens (tertiary/aromatic N) is 2. The maximum absolute atomic E-state index is 14.1. The Hall–Kier alpha value is -3.90. The molecule has 0 unspecified atom stereocenters. The number of hydrogen-bond acceptors (Lipinski definition) is 8. The number of hydrogen-bond donors (Lipinski definition) is 1. The first kappa shape index (κ1) is 31.1. The average molecular weight is 683 g/mol. The number of anilines is 2. The van der Waals surface area contributed by atoms with E-state index in [0.717, 1.165) is 33.6 Å². The molecule has 0 saturated carbocycles. The average Bonchev–Trinajstić information content (AvgIpc) is 3.45. The number of esters is 1. The van der Waals surface area contributed by atoms with Crippen molar-refractivity contribution in [3.05, 3.63) is 108 Å². The number of imide groups is 1. The number of aryl methyl sites for hydroxylation is 1. The largest absolute Gasteiger partial charge is 0.462 e. The van der Waals surface area contributed by atoms with Crippen LogP contribution in [-0.2, 0) is 25.7 Å². The van der Waals surface area contributed by atoms with Crippen LogP contribution >= 0.6 is 46.3 Å². The first-order valence-corrected chi connectivity index (χ1v) is 16.4. The monoisotopic (exact) mass is 681 g/mol. The van der Waals surface area contributed by atoms with Crippen LogP contribution in [0.3, 0.4) is 0 Å². The number of aromatic nitrogens is 1. The van der Waals surface area contributed by atoms with Gasteiger partial charge in [0, 0.05) is 16.5 Å². The fraction of sp³-hybridized carbons (Fsp3) is 0.219. The van der Waals surface area contributed by atoms with Gasteiger partial charge in [0.2, 0.25) is 17.7 Å². The molecule has 0 spiro atoms. The molecule has 1 fully saturated rings. The third kappa shape index (κ3) is 5.69. The molecule has 1 N–H and O–H groups in total. The Labute approximate surface area is 276 Å². The summed E-state index contributed by atoms with van der Waals surface area (Å²) in [4.78, 5) is 68.0. The number of carbonyl (C=O) groups excluding carboxylic acids is 4. The van der Waals surface area contributed by atoms with Gasteiger partial charge in [0.05, 0.1) is 38.8 Å². The first-order valence-electron chi connectivity index (χ1n) is 13.9. The van der Waals surface area contributed by atoms with Crippen LogP contribution < -0.4 is 15.1 Å². The normalized spacial score (nSPS) is 18.8. The molecule has 13 heteroatoms. The zero-order valence-corrected chi connectivity index (χ0v) is 27.1. The number of carbonyl (C=O) groups is 4. The van der Waals surface area contributed by atoms with E-state index in [-0.39, 0.29) is 28.8 Å². The molecular weight excluding hydrogens is 657 g/mol. The number of nitrogens with one attached hydrogen (secondary N) is 1. The van der Waals surface area contributed by atoms with E-state index < -0.39 is 45.6 Å². The van der Waals surface area contributed by atoms with E-state index >= 15 is 0 Å². The van der Waals surface area contributed by atoms with E-state index in [2.05, 4.69) is 5.32 Å². The van der Waals surface area contributed by atoms with Gasteiger partial charge in [-0.3, -0.25) is 23.7 Å². The Balaban J connectivity index is 1.40. The number of thioether (sulfide) groups is 1. The zero-order valence-electron chi connectivity index (χ0n) is 23.9. The van der Waals surface area contributed by atoms with E-state index in [1.807, 2.05) is 25.1 Å². The summed E-state index contributed by atoms with van der Waals surface area (Å²) in [5.74, 6) is -3.59. The van der Waals surface area contributed by atoms with Crippen LogP contribution in [-0.4, -0.2) is 40.1 Å². The van der Waals surface area contributed by atoms with Gasteiger partial charge in [-0.25, -0.2) is 9.69 Å². The van der Waals surface area contributed by atoms with Crippen LogP contribution in [0.1, 0.15) is 39.2 Å². The molecule has 9 nitrogen and oxygen atoms in total. The van der Waals surface area contributed by atoms with Gasteiger partial charge < -0.3 is 10.1 Å². The number of fused-ring (bicyclic) bond motifs is 2. The van der Waals surface area contributed by atoms with Gasteiger partial charge in [-0.1, -0.05) is 70.6 Å². The van der Waals surface area contributed by atoms with Crippen LogP contribution in [0.5, 0.6) is 0 Å². The van der Waals surface area contributed by atoms with Crippen molar-refractivity contribution < 1.29 is 23.9 Å². The van der Waals surface area contributed by atoms with E-state index in [4.69, 9.17) is 27.9 Å². The van der Waals surface area contributed by atoms with Gasteiger partial charge in [0.1, 0.15) is 11.8 Å². The molecule has 4 aromatic rings. The number of benzene rings is 3. The minimum absolute atomic E-state index is 0.209. The summed E-state index contributed by atoms with van der Waals surface area (Å²) >= 11 is 15.1. The summed E-state index contributed by atoms with van der Waals surface area (Å²) < 4.78 is 6.38. The molecule has 3 atom stereocenters. The summed E-state index contributed by atoms with van der Waals surface area (Å²) in [6, 6.07) is 18.4. The molecule has 3 amide bonds. The van der Waals surface area contributed by atoms with Gasteiger partial charge in [0.25, 0.3) is 0 Å². The predicted octanol–water partition coefficient (Wildman–Crippen LogP) is 6.14. The van der Waals surface area contributed by atoms with E-state index in [0.29, 0.717) is 26.8 Å². The first-order chi connectivity index (χ1) is 21.6. The van der Waals surface area contributed by atoms with Gasteiger partial charge in [0.15, 0.2) is 0 Å². The van der Waals surface area contributed by atoms with Crippen molar-refractivity contribution in [1.29, 1.82) is 0 Å². The molecule has 0 radical (unpaired) electrons. The number of halogens is 2. The maximum Gasteiger partial charge on any atom is 0.338 e. The summed E-state index contributed by atoms with van der Waals surface area (Å²) in [6.07, 6.45) is 0. The zero-order chi connectivity index (χ0) is 32.0. The third-order valence-corrected chi connectivity index (χ3v) is 11.0. The Morgan fingerprint density at radius 2 is 1.71 bits per heavy atom. The van der Waals surface area contributed by atoms with Gasteiger partial charge in [-0.05, 0) is 67.4 Å². The molecule has 3 heterocycles. The fourth-order valence-corrected chi connectivity index (χ4v) is 8.82. The number of thiazole rings is 1. The van der Waals surface area contributed by atoms with E-state index in [9.17, 15) is 24.0 Å². The second-order valence-electron chi connectivity index (χ2n) is 10.5. The quantitative estimate of drug-likeness (QED) is 0.184. The van der Waals surface area contributed by atoms with Crippen LogP contribution in [0.4, 0.5) is 11.4 Å². The Morgan fingerprint density at radius 3 is 2.42 bits per heavy atom. The molecule has 0 bridgehead atoms. The number of amides is 3. The lowest BCUT2D eigenvalue weighted by Gasteiger charge is -2.31. The molecule has 3 aromatic carbocycles. The van der Waals surface area contributed by atoms with Gasteiger partial charge >= 0.3 is 10.8 Å². The van der Waals surface area contributed by atoms with Crippen LogP contribution in [0.15, 0.2) is 76.6 Å². The third-order valence-electron chi connectivity index (χ3n) is 7.61. The predicted molar refractivity (Wildman–Crippen MR) is 175 cm³/mol. The topological polar surface area (TPSA) is 115 Å². The molecule has 1 saturated heterocycles. The van der Waals surface area contributed by atoms with E-state index in [1.165, 1.54) is 28.8 Å². The summed E-state index contributed by atoms with van der Waals surface area (Å²) in [7, 11) is 0. The van der Waals surface area contributed by atoms with Crippen molar-refractivity contribution in [3.8, 4) is 0 Å². The standard InChI is InChI=1S/C32H25Cl2N3O6S2/c1-3-43-31(41)17-10-12-19(13-11-17)37-28(39)24-23(20-8-5-9-21(33)25(20)34)27-30(44-26(24)29(37)40)36(32(42)45-27)15-22(38)35-18-7-4-6-16(2)14-18/h4-14,23-24,26H,3,15H2,1-2H3,(H,35,38)/t23-,24-,26+/m0/s1. The second-order valence-corrected chi connectivity index (χ2v) is 13.4. The van der Waals surface area contributed by atoms with Gasteiger partial charge in [-0.2, -0.15) is 0 Å². The van der Waals surface area contributed by atoms with Gasteiger partial charge in [-0.15, -0.1) is 0 Å². The lowest BCUT2D eigenvalue weighted by atomic mass is 9.83. The second kappa shape index (κ2) is 12.5. The highest BCUT2D eigenvalue weighted by molar-refractivity contribution is 8.00. The Morgan fingerprint density at radius 1 is 0.978 bits per heavy atom. The summed E-state index contributed by atoms with van der Waals surface area (Å²) in [5, 5.41) is 2.80. The van der Waals surface area contributed by atoms with Crippen LogP contribution in [0.2, 0.25) is 10.0 Å². The summed E-state index contributed by atoms with van der Waals surface area (Å²) in [6.45, 7) is 3.52. The minimum Gasteiger partial charge on any atom is -0.462 e. The van der Waals surface area contributed by atoms with Crippen molar-refractivity contribution >= 4 is 81.4 Å². The molecule has 2 aliphatic heterocycles. The SMILES string of the molecule is CCOC(=O)c1ccc(N2C(=O)[C@H]3[C@H](c4cccc(Cl)c4Cl)c4sc(=O)n(CC(=O)Nc5cccc(C)c5)c4S[C@H]3C2=O)cc1. The van der Waals surface area contributed by atoms with Crippen molar-refractivity contribution in [2.75, 3.05) is 16.8 Å². The van der Waals surface area contributed by atoms with Crippen molar-refractivity contribution in [2.45, 2.75) is 36.6 Å². The van der Waals surface area contributed by atoms with Crippen LogP contribution in [0.25, 0.3) is 0 Å². The van der Waals surface area contributed by atoms with Crippen molar-refractivity contribution in [2.24, 2.45) is 5.92 Å². The van der Waals surface area contributed by atoms with Crippen molar-refractivity contribution in [1.82, 2.24) is 4.57 Å². The highest BCUT2D eigenvalue weighted by Crippen LogP contribution is 2.55. The molecule has 45 heavy (non-hydrogen) atoms. The smallest absolute Gasteiger partial charge is 0.338 e. The Bertz CT molecular complexity index is 1920. The lowest BCUT2D eigenvalue weighted by molar-refractivity contribution is -0.122. The number of rotatable bonds is 7. The Kier molecular flexibility index (Phi) is 8.62. The lowest BCUT2D eigenvalue weighted by Crippen LogP contribution is -2.33. The fourth-order valence-electron chi connectivity index (χ4n) is 5.63. The minimum atomic E-state index is -0.921. The molecule has 0 aliphatic carbocycles. The van der Waals surface area contributed by atoms with Crippen LogP contribution in [0, 0.1) is 12.8 Å². The van der Waals surface area contributed by atoms with E-state index in [1.54, 1.807) is 31.2 Å². The maximum atomic E-state index is 14.1. The molecule has 6 rings (SSSR count). The molecule has 2 aliphatic rings. The van der Waals surface area contributed by atoms with Crippen molar-refractivity contribution in [3.63, 3.8) is 0 Å². The highest BCUT2D eigenvalue weighted by atomic mass is 35.5. The molecular formula is C32H25Cl2N3O6S2. The summed E-state index contributed by atoms with van der Waals surface area (Å²) in [5.41, 5.74) is 2.63. The number of ether oxygens (including phenoxy) is 1. The highest BCUT2D eigenvalue weighted by Gasteiger charge is 2.57. The molecule has 230 valence electrons. The molecule has 1 aromatic heterocycles.